The molecule has 1 N–H and O–H groups in total. The molecule has 1 rings (SSSR count). The summed E-state index contributed by atoms with van der Waals surface area (Å²) in [5, 5.41) is 2.80. The maximum absolute atomic E-state index is 12.4. The molecule has 5 nitrogen and oxygen atoms in total. The zero-order valence-electron chi connectivity index (χ0n) is 12.9. The second kappa shape index (κ2) is 6.61. The summed E-state index contributed by atoms with van der Waals surface area (Å²) in [5.74, 6) is -0.315. The zero-order valence-corrected chi connectivity index (χ0v) is 12.9. The van der Waals surface area contributed by atoms with E-state index in [-0.39, 0.29) is 11.7 Å². The van der Waals surface area contributed by atoms with Crippen LogP contribution in [0.4, 0.5) is 0 Å². The molecule has 0 fully saturated rings. The van der Waals surface area contributed by atoms with E-state index in [0.717, 1.165) is 6.54 Å². The third kappa shape index (κ3) is 4.42. The van der Waals surface area contributed by atoms with Crippen LogP contribution in [-0.4, -0.2) is 48.8 Å². The number of hydrogen-bond acceptors (Lipinski definition) is 4. The highest BCUT2D eigenvalue weighted by Gasteiger charge is 2.26. The molecule has 1 amide bonds. The lowest BCUT2D eigenvalue weighted by atomic mass is 9.85. The summed E-state index contributed by atoms with van der Waals surface area (Å²) in [4.78, 5) is 30.4. The van der Waals surface area contributed by atoms with Gasteiger partial charge in [0.1, 0.15) is 0 Å². The Hall–Kier alpha value is -1.75. The molecule has 110 valence electrons. The second-order valence-electron chi connectivity index (χ2n) is 6.06. The summed E-state index contributed by atoms with van der Waals surface area (Å²) in [5.41, 5.74) is 0.237. The van der Waals surface area contributed by atoms with E-state index in [0.29, 0.717) is 17.7 Å². The summed E-state index contributed by atoms with van der Waals surface area (Å²) in [7, 11) is 3.87. The van der Waals surface area contributed by atoms with Crippen molar-refractivity contribution >= 4 is 11.7 Å². The van der Waals surface area contributed by atoms with Gasteiger partial charge in [0.25, 0.3) is 5.91 Å². The summed E-state index contributed by atoms with van der Waals surface area (Å²) in [6.45, 7) is 6.79. The molecule has 0 aliphatic rings. The molecule has 1 aromatic heterocycles. The predicted molar refractivity (Wildman–Crippen MR) is 78.9 cm³/mol. The van der Waals surface area contributed by atoms with Crippen molar-refractivity contribution in [1.29, 1.82) is 0 Å². The van der Waals surface area contributed by atoms with E-state index in [4.69, 9.17) is 0 Å². The molecule has 1 aromatic rings. The van der Waals surface area contributed by atoms with Crippen molar-refractivity contribution in [3.8, 4) is 0 Å². The van der Waals surface area contributed by atoms with Gasteiger partial charge in [-0.2, -0.15) is 0 Å². The minimum absolute atomic E-state index is 0.0577. The number of carbonyl (C=O) groups is 2. The van der Waals surface area contributed by atoms with E-state index < -0.39 is 5.41 Å². The largest absolute Gasteiger partial charge is 0.351 e. The number of rotatable bonds is 5. The first-order valence-corrected chi connectivity index (χ1v) is 6.65. The van der Waals surface area contributed by atoms with Crippen molar-refractivity contribution in [3.05, 3.63) is 29.6 Å². The van der Waals surface area contributed by atoms with Crippen molar-refractivity contribution < 1.29 is 9.59 Å². The molecule has 5 heteroatoms. The fraction of sp³-hybridized carbons (Fsp3) is 0.533. The Bertz CT molecular complexity index is 490. The molecular weight excluding hydrogens is 254 g/mol. The summed E-state index contributed by atoms with van der Waals surface area (Å²) < 4.78 is 0. The highest BCUT2D eigenvalue weighted by atomic mass is 16.2. The van der Waals surface area contributed by atoms with Gasteiger partial charge >= 0.3 is 0 Å². The van der Waals surface area contributed by atoms with Crippen LogP contribution in [0.5, 0.6) is 0 Å². The van der Waals surface area contributed by atoms with Crippen LogP contribution >= 0.6 is 0 Å². The Balaban J connectivity index is 2.90. The molecule has 0 aromatic carbocycles. The minimum Gasteiger partial charge on any atom is -0.351 e. The number of nitrogens with zero attached hydrogens (tertiary/aromatic N) is 2. The van der Waals surface area contributed by atoms with Gasteiger partial charge in [0.2, 0.25) is 0 Å². The highest BCUT2D eigenvalue weighted by Crippen LogP contribution is 2.22. The molecule has 0 bridgehead atoms. The van der Waals surface area contributed by atoms with Crippen LogP contribution in [-0.2, 0) is 0 Å². The van der Waals surface area contributed by atoms with E-state index in [1.807, 2.05) is 39.8 Å². The summed E-state index contributed by atoms with van der Waals surface area (Å²) >= 11 is 0. The SMILES string of the molecule is CN(C)CCNC(=O)c1cnccc1C(=O)C(C)(C)C. The lowest BCUT2D eigenvalue weighted by Crippen LogP contribution is -2.33. The average Bonchev–Trinajstić information content (AvgIpc) is 2.36. The normalized spacial score (nSPS) is 11.5. The maximum Gasteiger partial charge on any atom is 0.253 e. The Labute approximate surface area is 120 Å². The van der Waals surface area contributed by atoms with Crippen molar-refractivity contribution in [3.63, 3.8) is 0 Å². The van der Waals surface area contributed by atoms with Crippen LogP contribution in [0.15, 0.2) is 18.5 Å². The Morgan fingerprint density at radius 1 is 1.25 bits per heavy atom. The monoisotopic (exact) mass is 277 g/mol. The molecule has 1 heterocycles. The third-order valence-electron chi connectivity index (χ3n) is 2.84. The van der Waals surface area contributed by atoms with Crippen LogP contribution in [0.1, 0.15) is 41.5 Å². The van der Waals surface area contributed by atoms with Gasteiger partial charge in [-0.05, 0) is 20.2 Å². The first kappa shape index (κ1) is 16.3. The van der Waals surface area contributed by atoms with E-state index in [2.05, 4.69) is 10.3 Å². The average molecular weight is 277 g/mol. The van der Waals surface area contributed by atoms with E-state index in [1.165, 1.54) is 12.4 Å². The maximum atomic E-state index is 12.4. The summed E-state index contributed by atoms with van der Waals surface area (Å²) in [6, 6.07) is 1.61. The highest BCUT2D eigenvalue weighted by molar-refractivity contribution is 6.09. The van der Waals surface area contributed by atoms with Crippen molar-refractivity contribution in [2.45, 2.75) is 20.8 Å². The van der Waals surface area contributed by atoms with Crippen LogP contribution in [0.2, 0.25) is 0 Å². The molecule has 0 aliphatic carbocycles. The number of carbonyl (C=O) groups excluding carboxylic acids is 2. The van der Waals surface area contributed by atoms with Gasteiger partial charge < -0.3 is 10.2 Å². The Morgan fingerprint density at radius 2 is 1.90 bits per heavy atom. The van der Waals surface area contributed by atoms with Crippen molar-refractivity contribution in [2.24, 2.45) is 5.41 Å². The molecule has 20 heavy (non-hydrogen) atoms. The van der Waals surface area contributed by atoms with Gasteiger partial charge in [0, 0.05) is 36.5 Å². The number of ketones is 1. The van der Waals surface area contributed by atoms with E-state index in [1.54, 1.807) is 6.07 Å². The molecule has 0 spiro atoms. The third-order valence-corrected chi connectivity index (χ3v) is 2.84. The van der Waals surface area contributed by atoms with Gasteiger partial charge in [-0.1, -0.05) is 20.8 Å². The van der Waals surface area contributed by atoms with Crippen molar-refractivity contribution in [1.82, 2.24) is 15.2 Å². The van der Waals surface area contributed by atoms with Gasteiger partial charge in [-0.25, -0.2) is 0 Å². The first-order chi connectivity index (χ1) is 9.23. The molecule has 0 saturated heterocycles. The quantitative estimate of drug-likeness (QED) is 0.830. The smallest absolute Gasteiger partial charge is 0.253 e. The number of hydrogen-bond donors (Lipinski definition) is 1. The Kier molecular flexibility index (Phi) is 5.39. The predicted octanol–water partition coefficient (Wildman–Crippen LogP) is 1.60. The topological polar surface area (TPSA) is 62.3 Å². The number of aromatic nitrogens is 1. The van der Waals surface area contributed by atoms with Crippen molar-refractivity contribution in [2.75, 3.05) is 27.2 Å². The van der Waals surface area contributed by atoms with Gasteiger partial charge in [-0.15, -0.1) is 0 Å². The molecule has 0 unspecified atom stereocenters. The molecule has 0 saturated carbocycles. The van der Waals surface area contributed by atoms with E-state index in [9.17, 15) is 9.59 Å². The fourth-order valence-corrected chi connectivity index (χ4v) is 1.67. The number of likely N-dealkylation sites (N-methyl/N-ethyl adjacent to an activating group) is 1. The molecule has 0 atom stereocenters. The number of Topliss-reactive ketones (excluding diaryl/α,β-unsaturated/α-hetero) is 1. The lowest BCUT2D eigenvalue weighted by molar-refractivity contribution is 0.0846. The lowest BCUT2D eigenvalue weighted by Gasteiger charge is -2.18. The van der Waals surface area contributed by atoms with Gasteiger partial charge in [0.15, 0.2) is 5.78 Å². The molecular formula is C15H23N3O2. The molecule has 0 radical (unpaired) electrons. The second-order valence-corrected chi connectivity index (χ2v) is 6.06. The minimum atomic E-state index is -0.528. The first-order valence-electron chi connectivity index (χ1n) is 6.65. The Morgan fingerprint density at radius 3 is 2.45 bits per heavy atom. The van der Waals surface area contributed by atoms with Crippen LogP contribution in [0, 0.1) is 5.41 Å². The number of nitrogens with one attached hydrogen (secondary N) is 1. The fourth-order valence-electron chi connectivity index (χ4n) is 1.67. The van der Waals surface area contributed by atoms with Crippen LogP contribution < -0.4 is 5.32 Å². The van der Waals surface area contributed by atoms with Gasteiger partial charge in [-0.3, -0.25) is 14.6 Å². The number of pyridine rings is 1. The van der Waals surface area contributed by atoms with E-state index >= 15 is 0 Å². The van der Waals surface area contributed by atoms with Crippen LogP contribution in [0.3, 0.4) is 0 Å². The summed E-state index contributed by atoms with van der Waals surface area (Å²) in [6.07, 6.45) is 2.99. The van der Waals surface area contributed by atoms with Gasteiger partial charge in [0.05, 0.1) is 5.56 Å². The standard InChI is InChI=1S/C15H23N3O2/c1-15(2,3)13(19)11-6-7-16-10-12(11)14(20)17-8-9-18(4)5/h6-7,10H,8-9H2,1-5H3,(H,17,20). The zero-order chi connectivity index (χ0) is 15.3. The van der Waals surface area contributed by atoms with Crippen LogP contribution in [0.25, 0.3) is 0 Å². The molecule has 0 aliphatic heterocycles. The number of amides is 1.